The van der Waals surface area contributed by atoms with Crippen molar-refractivity contribution in [2.24, 2.45) is 0 Å². The first kappa shape index (κ1) is 15.2. The van der Waals surface area contributed by atoms with Crippen molar-refractivity contribution in [2.45, 2.75) is 18.5 Å². The van der Waals surface area contributed by atoms with Crippen LogP contribution in [0.2, 0.25) is 4.34 Å². The van der Waals surface area contributed by atoms with Gasteiger partial charge in [-0.25, -0.2) is 0 Å². The van der Waals surface area contributed by atoms with Crippen LogP contribution >= 0.6 is 22.9 Å². The van der Waals surface area contributed by atoms with Gasteiger partial charge in [-0.05, 0) is 29.7 Å². The number of aromatic amines is 1. The number of hydrogen-bond acceptors (Lipinski definition) is 3. The average Bonchev–Trinajstić information content (AvgIpc) is 3.19. The van der Waals surface area contributed by atoms with E-state index in [9.17, 15) is 9.59 Å². The summed E-state index contributed by atoms with van der Waals surface area (Å²) >= 11 is 7.36. The molecule has 0 fully saturated rings. The summed E-state index contributed by atoms with van der Waals surface area (Å²) in [6.45, 7) is 0. The van der Waals surface area contributed by atoms with E-state index in [0.29, 0.717) is 22.9 Å². The topological polar surface area (TPSA) is 74.0 Å². The molecular formula is C17H14ClN3O2S. The molecule has 5 nitrogen and oxygen atoms in total. The van der Waals surface area contributed by atoms with Gasteiger partial charge >= 0.3 is 0 Å². The van der Waals surface area contributed by atoms with E-state index in [1.54, 1.807) is 6.07 Å². The molecule has 0 aliphatic heterocycles. The van der Waals surface area contributed by atoms with Gasteiger partial charge in [-0.3, -0.25) is 9.59 Å². The van der Waals surface area contributed by atoms with E-state index >= 15 is 0 Å². The van der Waals surface area contributed by atoms with Crippen LogP contribution in [-0.2, 0) is 11.2 Å². The van der Waals surface area contributed by atoms with Crippen LogP contribution in [0.15, 0.2) is 36.4 Å². The van der Waals surface area contributed by atoms with Crippen LogP contribution in [0.25, 0.3) is 10.2 Å². The van der Waals surface area contributed by atoms with E-state index in [1.165, 1.54) is 11.3 Å². The number of fused-ring (bicyclic) bond motifs is 2. The Hall–Kier alpha value is -2.31. The Morgan fingerprint density at radius 3 is 2.96 bits per heavy atom. The maximum Gasteiger partial charge on any atom is 0.268 e. The molecule has 2 heterocycles. The van der Waals surface area contributed by atoms with Gasteiger partial charge in [0.25, 0.3) is 5.91 Å². The summed E-state index contributed by atoms with van der Waals surface area (Å²) in [5, 5.41) is 6.76. The minimum atomic E-state index is -0.215. The highest BCUT2D eigenvalue weighted by atomic mass is 35.5. The van der Waals surface area contributed by atoms with Crippen molar-refractivity contribution >= 4 is 45.5 Å². The number of carbonyl (C=O) groups excluding carboxylic acids is 2. The zero-order chi connectivity index (χ0) is 16.7. The van der Waals surface area contributed by atoms with Crippen molar-refractivity contribution in [1.29, 1.82) is 0 Å². The number of H-pyrrole nitrogens is 1. The average molecular weight is 360 g/mol. The van der Waals surface area contributed by atoms with E-state index in [-0.39, 0.29) is 18.0 Å². The second-order valence-electron chi connectivity index (χ2n) is 5.76. The number of carbonyl (C=O) groups is 2. The Morgan fingerprint density at radius 1 is 1.33 bits per heavy atom. The summed E-state index contributed by atoms with van der Waals surface area (Å²) in [5.74, 6) is -0.190. The van der Waals surface area contributed by atoms with E-state index < -0.39 is 0 Å². The second-order valence-corrected chi connectivity index (χ2v) is 7.45. The lowest BCUT2D eigenvalue weighted by Gasteiger charge is -2.20. The summed E-state index contributed by atoms with van der Waals surface area (Å²) in [6.07, 6.45) is 1.37. The molecule has 0 bridgehead atoms. The van der Waals surface area contributed by atoms with Crippen LogP contribution in [0.5, 0.6) is 0 Å². The Kier molecular flexibility index (Phi) is 3.78. The quantitative estimate of drug-likeness (QED) is 0.626. The largest absolute Gasteiger partial charge is 0.350 e. The number of thiophene rings is 1. The van der Waals surface area contributed by atoms with Crippen molar-refractivity contribution < 1.29 is 9.59 Å². The maximum atomic E-state index is 12.6. The van der Waals surface area contributed by atoms with Gasteiger partial charge in [-0.1, -0.05) is 35.9 Å². The van der Waals surface area contributed by atoms with Crippen molar-refractivity contribution in [3.8, 4) is 0 Å². The Balaban J connectivity index is 1.56. The van der Waals surface area contributed by atoms with Crippen molar-refractivity contribution in [2.75, 3.05) is 0 Å². The highest BCUT2D eigenvalue weighted by molar-refractivity contribution is 7.22. The summed E-state index contributed by atoms with van der Waals surface area (Å²) in [4.78, 5) is 27.5. The maximum absolute atomic E-state index is 12.6. The molecule has 7 heteroatoms. The predicted molar refractivity (Wildman–Crippen MR) is 94.5 cm³/mol. The van der Waals surface area contributed by atoms with Crippen LogP contribution in [-0.4, -0.2) is 23.3 Å². The third-order valence-electron chi connectivity index (χ3n) is 4.32. The van der Waals surface area contributed by atoms with Gasteiger partial charge in [0, 0.05) is 5.39 Å². The smallest absolute Gasteiger partial charge is 0.268 e. The molecule has 122 valence electrons. The third kappa shape index (κ3) is 2.57. The molecule has 1 aliphatic carbocycles. The van der Waals surface area contributed by atoms with E-state index in [0.717, 1.165) is 21.3 Å². The van der Waals surface area contributed by atoms with Gasteiger partial charge in [0.2, 0.25) is 6.41 Å². The van der Waals surface area contributed by atoms with Crippen molar-refractivity contribution in [3.05, 3.63) is 57.6 Å². The molecule has 0 spiro atoms. The molecule has 2 amide bonds. The van der Waals surface area contributed by atoms with E-state index in [2.05, 4.69) is 15.6 Å². The number of amides is 2. The van der Waals surface area contributed by atoms with Gasteiger partial charge < -0.3 is 15.6 Å². The predicted octanol–water partition coefficient (Wildman–Crippen LogP) is 3.02. The zero-order valence-electron chi connectivity index (χ0n) is 12.5. The summed E-state index contributed by atoms with van der Waals surface area (Å²) in [5.41, 5.74) is 2.68. The summed E-state index contributed by atoms with van der Waals surface area (Å²) < 4.78 is 0.685. The van der Waals surface area contributed by atoms with Crippen LogP contribution in [0.3, 0.4) is 0 Å². The monoisotopic (exact) mass is 359 g/mol. The molecule has 2 aromatic heterocycles. The van der Waals surface area contributed by atoms with Gasteiger partial charge in [-0.2, -0.15) is 0 Å². The SMILES string of the molecule is O=CN[C@@H]1c2ccccc2C[C@H]1NC(=O)c1cc2cc(Cl)sc2[nH]1. The van der Waals surface area contributed by atoms with Gasteiger partial charge in [0.15, 0.2) is 0 Å². The molecule has 1 aromatic carbocycles. The highest BCUT2D eigenvalue weighted by Gasteiger charge is 2.33. The Labute approximate surface area is 147 Å². The van der Waals surface area contributed by atoms with Crippen molar-refractivity contribution in [3.63, 3.8) is 0 Å². The van der Waals surface area contributed by atoms with Crippen LogP contribution < -0.4 is 10.6 Å². The van der Waals surface area contributed by atoms with E-state index in [4.69, 9.17) is 11.6 Å². The fourth-order valence-corrected chi connectivity index (χ4v) is 4.40. The lowest BCUT2D eigenvalue weighted by atomic mass is 10.1. The molecule has 3 aromatic rings. The molecule has 0 unspecified atom stereocenters. The fraction of sp³-hybridized carbons (Fsp3) is 0.176. The molecule has 0 saturated heterocycles. The first-order valence-corrected chi connectivity index (χ1v) is 8.71. The molecule has 2 atom stereocenters. The molecule has 1 aliphatic rings. The van der Waals surface area contributed by atoms with Crippen molar-refractivity contribution in [1.82, 2.24) is 15.6 Å². The van der Waals surface area contributed by atoms with Gasteiger partial charge in [-0.15, -0.1) is 11.3 Å². The van der Waals surface area contributed by atoms with Crippen LogP contribution in [0, 0.1) is 0 Å². The minimum absolute atomic E-state index is 0.176. The van der Waals surface area contributed by atoms with Crippen LogP contribution in [0.1, 0.15) is 27.7 Å². The number of rotatable bonds is 4. The summed E-state index contributed by atoms with van der Waals surface area (Å²) in [6, 6.07) is 11.1. The highest BCUT2D eigenvalue weighted by Crippen LogP contribution is 2.32. The first-order chi connectivity index (χ1) is 11.7. The lowest BCUT2D eigenvalue weighted by Crippen LogP contribution is -2.42. The third-order valence-corrected chi connectivity index (χ3v) is 5.52. The summed E-state index contributed by atoms with van der Waals surface area (Å²) in [7, 11) is 0. The fourth-order valence-electron chi connectivity index (χ4n) is 3.27. The first-order valence-electron chi connectivity index (χ1n) is 7.52. The Morgan fingerprint density at radius 2 is 2.17 bits per heavy atom. The molecular weight excluding hydrogens is 346 g/mol. The standard InChI is InChI=1S/C17H14ClN3O2S/c18-14-7-10-6-13(21-17(10)24-14)16(23)20-12-5-9-3-1-2-4-11(9)15(12)19-8-22/h1-4,6-8,12,15,21H,5H2,(H,19,22)(H,20,23)/t12-,15-/m1/s1. The Bertz CT molecular complexity index is 901. The molecule has 0 radical (unpaired) electrons. The molecule has 4 rings (SSSR count). The van der Waals surface area contributed by atoms with E-state index in [1.807, 2.05) is 30.3 Å². The number of nitrogens with one attached hydrogen (secondary N) is 3. The number of benzene rings is 1. The second kappa shape index (κ2) is 5.96. The van der Waals surface area contributed by atoms with Gasteiger partial charge in [0.1, 0.15) is 10.5 Å². The molecule has 3 N–H and O–H groups in total. The van der Waals surface area contributed by atoms with Gasteiger partial charge in [0.05, 0.1) is 16.4 Å². The number of hydrogen-bond donors (Lipinski definition) is 3. The lowest BCUT2D eigenvalue weighted by molar-refractivity contribution is -0.110. The zero-order valence-corrected chi connectivity index (χ0v) is 14.1. The molecule has 0 saturated carbocycles. The number of halogens is 1. The van der Waals surface area contributed by atoms with Crippen LogP contribution in [0.4, 0.5) is 0 Å². The minimum Gasteiger partial charge on any atom is -0.350 e. The normalized spacial score (nSPS) is 19.2. The number of aromatic nitrogens is 1. The molecule has 24 heavy (non-hydrogen) atoms.